The molecule has 14 heavy (non-hydrogen) atoms. The van der Waals surface area contributed by atoms with Gasteiger partial charge >= 0.3 is 5.97 Å². The predicted octanol–water partition coefficient (Wildman–Crippen LogP) is -0.0574. The Labute approximate surface area is 91.4 Å². The highest BCUT2D eigenvalue weighted by atomic mass is 32.2. The van der Waals surface area contributed by atoms with Gasteiger partial charge in [-0.25, -0.2) is 4.79 Å². The Morgan fingerprint density at radius 1 is 1.64 bits per heavy atom. The largest absolute Gasteiger partial charge is 0.480 e. The van der Waals surface area contributed by atoms with E-state index in [4.69, 9.17) is 23.1 Å². The number of nitrogens with one attached hydrogen (secondary N) is 1. The Morgan fingerprint density at radius 2 is 2.21 bits per heavy atom. The van der Waals surface area contributed by atoms with Crippen molar-refractivity contribution in [2.24, 2.45) is 5.73 Å². The monoisotopic (exact) mass is 236 g/mol. The number of thiocarbonyl (C=S) groups is 1. The fourth-order valence-electron chi connectivity index (χ4n) is 0.716. The van der Waals surface area contributed by atoms with E-state index in [1.54, 1.807) is 0 Å². The Hall–Kier alpha value is -0.820. The molecule has 0 heterocycles. The van der Waals surface area contributed by atoms with Crippen molar-refractivity contribution in [3.63, 3.8) is 0 Å². The first kappa shape index (κ1) is 13.2. The molecule has 1 amide bonds. The SMILES string of the molecule is CCSC(=S)NC(CC(N)=O)C(=O)O. The van der Waals surface area contributed by atoms with Crippen molar-refractivity contribution in [1.82, 2.24) is 5.32 Å². The zero-order chi connectivity index (χ0) is 11.1. The lowest BCUT2D eigenvalue weighted by atomic mass is 10.2. The Bertz CT molecular complexity index is 245. The molecule has 7 heteroatoms. The quantitative estimate of drug-likeness (QED) is 0.579. The van der Waals surface area contributed by atoms with Gasteiger partial charge in [-0.15, -0.1) is 0 Å². The molecule has 0 aliphatic carbocycles. The van der Waals surface area contributed by atoms with Crippen LogP contribution < -0.4 is 11.1 Å². The normalized spacial score (nSPS) is 11.8. The summed E-state index contributed by atoms with van der Waals surface area (Å²) < 4.78 is 0.362. The summed E-state index contributed by atoms with van der Waals surface area (Å²) >= 11 is 6.15. The molecule has 0 spiro atoms. The number of aliphatic carboxylic acids is 1. The van der Waals surface area contributed by atoms with Crippen molar-refractivity contribution in [3.05, 3.63) is 0 Å². The first-order valence-electron chi connectivity index (χ1n) is 3.91. The van der Waals surface area contributed by atoms with E-state index in [1.807, 2.05) is 6.92 Å². The number of rotatable bonds is 5. The van der Waals surface area contributed by atoms with Crippen LogP contribution in [0.15, 0.2) is 0 Å². The predicted molar refractivity (Wildman–Crippen MR) is 59.1 cm³/mol. The minimum absolute atomic E-state index is 0.264. The van der Waals surface area contributed by atoms with Crippen LogP contribution in [0.4, 0.5) is 0 Å². The topological polar surface area (TPSA) is 92.4 Å². The summed E-state index contributed by atoms with van der Waals surface area (Å²) in [6.07, 6.45) is -0.264. The Morgan fingerprint density at radius 3 is 2.57 bits per heavy atom. The lowest BCUT2D eigenvalue weighted by Gasteiger charge is -2.13. The second-order valence-corrected chi connectivity index (χ2v) is 4.37. The number of hydrogen-bond donors (Lipinski definition) is 3. The fraction of sp³-hybridized carbons (Fsp3) is 0.571. The van der Waals surface area contributed by atoms with Gasteiger partial charge in [-0.1, -0.05) is 30.9 Å². The van der Waals surface area contributed by atoms with E-state index in [9.17, 15) is 9.59 Å². The maximum Gasteiger partial charge on any atom is 0.326 e. The minimum Gasteiger partial charge on any atom is -0.480 e. The average molecular weight is 236 g/mol. The second-order valence-electron chi connectivity index (χ2n) is 2.43. The van der Waals surface area contributed by atoms with Crippen molar-refractivity contribution in [1.29, 1.82) is 0 Å². The third-order valence-electron chi connectivity index (χ3n) is 1.27. The van der Waals surface area contributed by atoms with Crippen molar-refractivity contribution in [3.8, 4) is 0 Å². The molecule has 0 saturated heterocycles. The standard InChI is InChI=1S/C7H12N2O3S2/c1-2-14-7(13)9-4(6(11)12)3-5(8)10/h4H,2-3H2,1H3,(H2,8,10)(H,9,13)(H,11,12). The van der Waals surface area contributed by atoms with Crippen molar-refractivity contribution < 1.29 is 14.7 Å². The summed E-state index contributed by atoms with van der Waals surface area (Å²) in [4.78, 5) is 21.2. The molecule has 0 aromatic rings. The lowest BCUT2D eigenvalue weighted by Crippen LogP contribution is -2.41. The van der Waals surface area contributed by atoms with Gasteiger partial charge in [0.15, 0.2) is 0 Å². The van der Waals surface area contributed by atoms with Crippen LogP contribution in [0.2, 0.25) is 0 Å². The van der Waals surface area contributed by atoms with E-state index >= 15 is 0 Å². The maximum absolute atomic E-state index is 10.6. The smallest absolute Gasteiger partial charge is 0.326 e. The van der Waals surface area contributed by atoms with E-state index in [-0.39, 0.29) is 6.42 Å². The third-order valence-corrected chi connectivity index (χ3v) is 2.41. The number of primary amides is 1. The van der Waals surface area contributed by atoms with Crippen molar-refractivity contribution in [2.75, 3.05) is 5.75 Å². The molecule has 0 saturated carbocycles. The first-order valence-corrected chi connectivity index (χ1v) is 5.31. The molecule has 0 rings (SSSR count). The van der Waals surface area contributed by atoms with Gasteiger partial charge in [-0.05, 0) is 5.75 Å². The van der Waals surface area contributed by atoms with Crippen molar-refractivity contribution >= 4 is 40.2 Å². The van der Waals surface area contributed by atoms with E-state index in [0.717, 1.165) is 5.75 Å². The molecule has 0 aromatic heterocycles. The molecule has 0 radical (unpaired) electrons. The number of nitrogens with two attached hydrogens (primary N) is 1. The van der Waals surface area contributed by atoms with E-state index in [0.29, 0.717) is 4.32 Å². The van der Waals surface area contributed by atoms with Gasteiger partial charge in [0.25, 0.3) is 0 Å². The average Bonchev–Trinajstić information content (AvgIpc) is 2.02. The fourth-order valence-corrected chi connectivity index (χ4v) is 1.70. The van der Waals surface area contributed by atoms with Crippen molar-refractivity contribution in [2.45, 2.75) is 19.4 Å². The number of carbonyl (C=O) groups is 2. The number of carboxylic acid groups (broad SMARTS) is 1. The summed E-state index contributed by atoms with van der Waals surface area (Å²) in [5, 5.41) is 11.2. The van der Waals surface area contributed by atoms with E-state index < -0.39 is 17.9 Å². The summed E-state index contributed by atoms with van der Waals surface area (Å²) in [5.41, 5.74) is 4.89. The lowest BCUT2D eigenvalue weighted by molar-refractivity contribution is -0.140. The Kier molecular flexibility index (Phi) is 6.22. The van der Waals surface area contributed by atoms with Gasteiger partial charge < -0.3 is 16.2 Å². The van der Waals surface area contributed by atoms with Crippen LogP contribution in [-0.2, 0) is 9.59 Å². The summed E-state index contributed by atoms with van der Waals surface area (Å²) in [6.45, 7) is 1.89. The highest BCUT2D eigenvalue weighted by Crippen LogP contribution is 2.03. The highest BCUT2D eigenvalue weighted by Gasteiger charge is 2.20. The molecule has 80 valence electrons. The van der Waals surface area contributed by atoms with Crippen LogP contribution in [0.1, 0.15) is 13.3 Å². The molecule has 0 aromatic carbocycles. The first-order chi connectivity index (χ1) is 6.47. The highest BCUT2D eigenvalue weighted by molar-refractivity contribution is 8.22. The molecule has 0 bridgehead atoms. The number of amides is 1. The van der Waals surface area contributed by atoms with Crippen LogP contribution in [0.25, 0.3) is 0 Å². The Balaban J connectivity index is 4.16. The molecule has 4 N–H and O–H groups in total. The molecule has 5 nitrogen and oxygen atoms in total. The molecule has 1 unspecified atom stereocenters. The summed E-state index contributed by atoms with van der Waals surface area (Å²) in [6, 6.07) is -1.03. The molecular weight excluding hydrogens is 224 g/mol. The van der Waals surface area contributed by atoms with Gasteiger partial charge in [0.2, 0.25) is 5.91 Å². The van der Waals surface area contributed by atoms with E-state index in [1.165, 1.54) is 11.8 Å². The van der Waals surface area contributed by atoms with Gasteiger partial charge in [0, 0.05) is 0 Å². The number of carboxylic acids is 1. The molecule has 0 fully saturated rings. The molecule has 0 aliphatic heterocycles. The molecule has 0 aliphatic rings. The second kappa shape index (κ2) is 6.61. The number of thioether (sulfide) groups is 1. The van der Waals surface area contributed by atoms with Crippen LogP contribution in [0.3, 0.4) is 0 Å². The summed E-state index contributed by atoms with van der Waals surface area (Å²) in [5.74, 6) is -1.06. The zero-order valence-corrected chi connectivity index (χ0v) is 9.28. The zero-order valence-electron chi connectivity index (χ0n) is 7.65. The van der Waals surface area contributed by atoms with Crippen LogP contribution in [0.5, 0.6) is 0 Å². The van der Waals surface area contributed by atoms with Gasteiger partial charge in [-0.3, -0.25) is 4.79 Å². The van der Waals surface area contributed by atoms with Gasteiger partial charge in [0.1, 0.15) is 10.4 Å². The summed E-state index contributed by atoms with van der Waals surface area (Å²) in [7, 11) is 0. The van der Waals surface area contributed by atoms with Gasteiger partial charge in [0.05, 0.1) is 6.42 Å². The van der Waals surface area contributed by atoms with Crippen LogP contribution >= 0.6 is 24.0 Å². The number of hydrogen-bond acceptors (Lipinski definition) is 4. The minimum atomic E-state index is -1.14. The maximum atomic E-state index is 10.6. The van der Waals surface area contributed by atoms with E-state index in [2.05, 4.69) is 5.32 Å². The van der Waals surface area contributed by atoms with Crippen LogP contribution in [0, 0.1) is 0 Å². The van der Waals surface area contributed by atoms with Gasteiger partial charge in [-0.2, -0.15) is 0 Å². The number of carbonyl (C=O) groups excluding carboxylic acids is 1. The van der Waals surface area contributed by atoms with Crippen LogP contribution in [-0.4, -0.2) is 33.1 Å². The molecular formula is C7H12N2O3S2. The third kappa shape index (κ3) is 5.76. The molecule has 1 atom stereocenters.